The van der Waals surface area contributed by atoms with E-state index >= 15 is 0 Å². The third kappa shape index (κ3) is 5.28. The van der Waals surface area contributed by atoms with Gasteiger partial charge in [0.1, 0.15) is 5.82 Å². The fraction of sp³-hybridized carbons (Fsp3) is 0.375. The topological polar surface area (TPSA) is 88.3 Å². The van der Waals surface area contributed by atoms with Crippen LogP contribution in [0.2, 0.25) is 0 Å². The normalized spacial score (nSPS) is 10.5. The monoisotopic (exact) mass is 366 g/mol. The van der Waals surface area contributed by atoms with E-state index in [9.17, 15) is 14.0 Å². The number of likely N-dealkylation sites (N-methyl/N-ethyl adjacent to an activating group) is 2. The smallest absolute Gasteiger partial charge is 0.277 e. The number of hydrogen-bond donors (Lipinski definition) is 1. The second-order valence-corrected chi connectivity index (χ2v) is 5.93. The van der Waals surface area contributed by atoms with E-state index in [0.717, 1.165) is 11.8 Å². The Morgan fingerprint density at radius 2 is 2.04 bits per heavy atom. The Hall–Kier alpha value is -2.42. The summed E-state index contributed by atoms with van der Waals surface area (Å²) in [6.07, 6.45) is 0. The standard InChI is InChI=1S/C16H19FN4O3S/c1-3-18-13(22)9-21(4-2)14(23)10-25-16-20-19-15(24-16)11-7-5-6-8-12(11)17/h5-8H,3-4,9-10H2,1-2H3,(H,18,22). The molecule has 1 aromatic heterocycles. The van der Waals surface area contributed by atoms with E-state index in [1.807, 2.05) is 6.92 Å². The van der Waals surface area contributed by atoms with E-state index < -0.39 is 5.82 Å². The SMILES string of the molecule is CCNC(=O)CN(CC)C(=O)CSc1nnc(-c2ccccc2F)o1. The lowest BCUT2D eigenvalue weighted by molar-refractivity contribution is -0.133. The molecule has 25 heavy (non-hydrogen) atoms. The van der Waals surface area contributed by atoms with E-state index in [1.165, 1.54) is 17.0 Å². The van der Waals surface area contributed by atoms with Gasteiger partial charge in [-0.05, 0) is 26.0 Å². The van der Waals surface area contributed by atoms with Crippen molar-refractivity contribution in [1.82, 2.24) is 20.4 Å². The molecule has 0 bridgehead atoms. The number of carbonyl (C=O) groups is 2. The van der Waals surface area contributed by atoms with Gasteiger partial charge in [0.15, 0.2) is 0 Å². The van der Waals surface area contributed by atoms with Crippen molar-refractivity contribution in [1.29, 1.82) is 0 Å². The summed E-state index contributed by atoms with van der Waals surface area (Å²) in [7, 11) is 0. The van der Waals surface area contributed by atoms with Crippen molar-refractivity contribution in [2.75, 3.05) is 25.4 Å². The first-order valence-electron chi connectivity index (χ1n) is 7.80. The molecular weight excluding hydrogens is 347 g/mol. The molecule has 2 amide bonds. The highest BCUT2D eigenvalue weighted by atomic mass is 32.2. The maximum absolute atomic E-state index is 13.7. The Bertz CT molecular complexity index is 738. The summed E-state index contributed by atoms with van der Waals surface area (Å²) in [5.74, 6) is -0.779. The van der Waals surface area contributed by atoms with Crippen molar-refractivity contribution < 1.29 is 18.4 Å². The Kier molecular flexibility index (Phi) is 6.93. The quantitative estimate of drug-likeness (QED) is 0.719. The average molecular weight is 366 g/mol. The largest absolute Gasteiger partial charge is 0.411 e. The van der Waals surface area contributed by atoms with Gasteiger partial charge in [-0.25, -0.2) is 4.39 Å². The molecule has 0 aliphatic rings. The molecule has 0 aliphatic heterocycles. The van der Waals surface area contributed by atoms with Crippen LogP contribution in [0, 0.1) is 5.82 Å². The lowest BCUT2D eigenvalue weighted by atomic mass is 10.2. The van der Waals surface area contributed by atoms with Crippen LogP contribution in [0.15, 0.2) is 33.9 Å². The zero-order valence-electron chi connectivity index (χ0n) is 14.0. The number of amides is 2. The third-order valence-corrected chi connectivity index (χ3v) is 4.08. The third-order valence-electron chi connectivity index (χ3n) is 3.27. The molecule has 2 aromatic rings. The molecule has 134 valence electrons. The van der Waals surface area contributed by atoms with Gasteiger partial charge in [0.05, 0.1) is 17.9 Å². The number of hydrogen-bond acceptors (Lipinski definition) is 6. The molecule has 0 fully saturated rings. The highest BCUT2D eigenvalue weighted by Crippen LogP contribution is 2.25. The highest BCUT2D eigenvalue weighted by Gasteiger charge is 2.18. The van der Waals surface area contributed by atoms with E-state index in [4.69, 9.17) is 4.42 Å². The van der Waals surface area contributed by atoms with E-state index in [-0.39, 0.29) is 40.8 Å². The van der Waals surface area contributed by atoms with Crippen molar-refractivity contribution in [3.63, 3.8) is 0 Å². The maximum atomic E-state index is 13.7. The minimum atomic E-state index is -0.460. The fourth-order valence-corrected chi connectivity index (χ4v) is 2.70. The number of halogens is 1. The molecule has 0 saturated heterocycles. The number of thioether (sulfide) groups is 1. The Labute approximate surface area is 149 Å². The molecule has 2 rings (SSSR count). The number of nitrogens with zero attached hydrogens (tertiary/aromatic N) is 3. The van der Waals surface area contributed by atoms with E-state index in [0.29, 0.717) is 13.1 Å². The molecule has 1 N–H and O–H groups in total. The van der Waals surface area contributed by atoms with E-state index in [1.54, 1.807) is 19.1 Å². The van der Waals surface area contributed by atoms with Gasteiger partial charge in [0.25, 0.3) is 11.1 Å². The number of benzene rings is 1. The molecule has 9 heteroatoms. The second kappa shape index (κ2) is 9.16. The van der Waals surface area contributed by atoms with Crippen molar-refractivity contribution in [3.8, 4) is 11.5 Å². The van der Waals surface area contributed by atoms with Crippen LogP contribution in [-0.2, 0) is 9.59 Å². The van der Waals surface area contributed by atoms with Crippen molar-refractivity contribution in [3.05, 3.63) is 30.1 Å². The minimum Gasteiger partial charge on any atom is -0.411 e. The van der Waals surface area contributed by atoms with Crippen LogP contribution in [0.3, 0.4) is 0 Å². The maximum Gasteiger partial charge on any atom is 0.277 e. The van der Waals surface area contributed by atoms with Crippen LogP contribution in [0.25, 0.3) is 11.5 Å². The molecule has 0 aliphatic carbocycles. The summed E-state index contributed by atoms with van der Waals surface area (Å²) in [6.45, 7) is 4.55. The number of rotatable bonds is 8. The molecule has 0 radical (unpaired) electrons. The lowest BCUT2D eigenvalue weighted by Gasteiger charge is -2.19. The molecule has 7 nitrogen and oxygen atoms in total. The van der Waals surface area contributed by atoms with Gasteiger partial charge in [0, 0.05) is 13.1 Å². The zero-order chi connectivity index (χ0) is 18.2. The Morgan fingerprint density at radius 1 is 1.28 bits per heavy atom. The molecule has 0 unspecified atom stereocenters. The number of nitrogens with one attached hydrogen (secondary N) is 1. The highest BCUT2D eigenvalue weighted by molar-refractivity contribution is 7.99. The van der Waals surface area contributed by atoms with Crippen LogP contribution in [0.4, 0.5) is 4.39 Å². The van der Waals surface area contributed by atoms with Gasteiger partial charge >= 0.3 is 0 Å². The van der Waals surface area contributed by atoms with Crippen LogP contribution >= 0.6 is 11.8 Å². The predicted octanol–water partition coefficient (Wildman–Crippen LogP) is 1.95. The first-order valence-corrected chi connectivity index (χ1v) is 8.79. The van der Waals surface area contributed by atoms with Crippen LogP contribution in [-0.4, -0.2) is 52.3 Å². The second-order valence-electron chi connectivity index (χ2n) is 5.00. The van der Waals surface area contributed by atoms with Gasteiger partial charge in [-0.3, -0.25) is 9.59 Å². The lowest BCUT2D eigenvalue weighted by Crippen LogP contribution is -2.41. The van der Waals surface area contributed by atoms with E-state index in [2.05, 4.69) is 15.5 Å². The zero-order valence-corrected chi connectivity index (χ0v) is 14.8. The summed E-state index contributed by atoms with van der Waals surface area (Å²) in [5.41, 5.74) is 0.208. The summed E-state index contributed by atoms with van der Waals surface area (Å²) < 4.78 is 19.1. The summed E-state index contributed by atoms with van der Waals surface area (Å²) >= 11 is 1.05. The average Bonchev–Trinajstić information content (AvgIpc) is 3.07. The summed E-state index contributed by atoms with van der Waals surface area (Å²) in [6, 6.07) is 6.07. The first kappa shape index (κ1) is 18.9. The number of carbonyl (C=O) groups excluding carboxylic acids is 2. The number of aromatic nitrogens is 2. The van der Waals surface area contributed by atoms with Crippen molar-refractivity contribution in [2.24, 2.45) is 0 Å². The minimum absolute atomic E-state index is 0.00798. The molecule has 0 spiro atoms. The van der Waals surface area contributed by atoms with Crippen LogP contribution < -0.4 is 5.32 Å². The summed E-state index contributed by atoms with van der Waals surface area (Å²) in [4.78, 5) is 25.2. The van der Waals surface area contributed by atoms with Crippen molar-refractivity contribution in [2.45, 2.75) is 19.1 Å². The molecule has 1 heterocycles. The van der Waals surface area contributed by atoms with Gasteiger partial charge in [-0.2, -0.15) is 0 Å². The summed E-state index contributed by atoms with van der Waals surface area (Å²) in [5, 5.41) is 10.4. The Morgan fingerprint density at radius 3 is 2.72 bits per heavy atom. The molecule has 0 atom stereocenters. The van der Waals surface area contributed by atoms with Gasteiger partial charge in [-0.1, -0.05) is 23.9 Å². The van der Waals surface area contributed by atoms with Gasteiger partial charge in [-0.15, -0.1) is 10.2 Å². The predicted molar refractivity (Wildman–Crippen MR) is 91.4 cm³/mol. The van der Waals surface area contributed by atoms with Crippen LogP contribution in [0.1, 0.15) is 13.8 Å². The molecule has 0 saturated carbocycles. The Balaban J connectivity index is 1.94. The first-order chi connectivity index (χ1) is 12.0. The van der Waals surface area contributed by atoms with Gasteiger partial charge < -0.3 is 14.6 Å². The van der Waals surface area contributed by atoms with Crippen LogP contribution in [0.5, 0.6) is 0 Å². The molecule has 1 aromatic carbocycles. The van der Waals surface area contributed by atoms with Crippen molar-refractivity contribution >= 4 is 23.6 Å². The molecular formula is C16H19FN4O3S. The fourth-order valence-electron chi connectivity index (χ4n) is 2.03. The van der Waals surface area contributed by atoms with Gasteiger partial charge in [0.2, 0.25) is 11.8 Å².